The molecule has 5 nitrogen and oxygen atoms in total. The largest absolute Gasteiger partial charge is 0.459 e. The van der Waals surface area contributed by atoms with Crippen molar-refractivity contribution in [1.29, 1.82) is 0 Å². The van der Waals surface area contributed by atoms with Crippen molar-refractivity contribution in [3.8, 4) is 17.1 Å². The van der Waals surface area contributed by atoms with Crippen molar-refractivity contribution in [3.63, 3.8) is 0 Å². The Hall–Kier alpha value is -2.47. The zero-order valence-corrected chi connectivity index (χ0v) is 14.5. The summed E-state index contributed by atoms with van der Waals surface area (Å²) in [5.74, 6) is 2.78. The molecule has 0 bridgehead atoms. The molecule has 6 heteroatoms. The quantitative estimate of drug-likeness (QED) is 0.542. The average Bonchev–Trinajstić information content (AvgIpc) is 3.29. The number of pyridine rings is 1. The third-order valence-electron chi connectivity index (χ3n) is 4.00. The lowest BCUT2D eigenvalue weighted by molar-refractivity contribution is 0.538. The van der Waals surface area contributed by atoms with Gasteiger partial charge in [0.2, 0.25) is 0 Å². The number of hydrogen-bond donors (Lipinski definition) is 0. The Kier molecular flexibility index (Phi) is 3.90. The summed E-state index contributed by atoms with van der Waals surface area (Å²) in [7, 11) is 0. The Morgan fingerprint density at radius 1 is 1.25 bits per heavy atom. The van der Waals surface area contributed by atoms with Crippen molar-refractivity contribution < 1.29 is 4.42 Å². The standard InChI is InChI=1S/C18H18N4OS/c1-3-21-16(18-7-6-14(23-18)12-24-2)9-15-17(21)11-22(20-15)13-5-4-8-19-10-13/h4-11H,3,12H2,1-2H3. The fourth-order valence-corrected chi connectivity index (χ4v) is 3.37. The molecule has 0 aromatic carbocycles. The van der Waals surface area contributed by atoms with Crippen LogP contribution in [0, 0.1) is 0 Å². The normalized spacial score (nSPS) is 11.4. The van der Waals surface area contributed by atoms with E-state index in [1.165, 1.54) is 0 Å². The van der Waals surface area contributed by atoms with Crippen LogP contribution in [0.4, 0.5) is 0 Å². The Balaban J connectivity index is 1.79. The van der Waals surface area contributed by atoms with Gasteiger partial charge in [0.1, 0.15) is 11.3 Å². The van der Waals surface area contributed by atoms with Crippen LogP contribution < -0.4 is 0 Å². The number of furan rings is 1. The minimum atomic E-state index is 0.857. The van der Waals surface area contributed by atoms with Crippen LogP contribution in [-0.4, -0.2) is 25.6 Å². The second kappa shape index (κ2) is 6.20. The van der Waals surface area contributed by atoms with Crippen molar-refractivity contribution in [2.45, 2.75) is 19.2 Å². The highest BCUT2D eigenvalue weighted by Gasteiger charge is 2.16. The second-order valence-electron chi connectivity index (χ2n) is 5.53. The van der Waals surface area contributed by atoms with Gasteiger partial charge in [-0.3, -0.25) is 4.98 Å². The van der Waals surface area contributed by atoms with Crippen molar-refractivity contribution >= 4 is 22.8 Å². The highest BCUT2D eigenvalue weighted by Crippen LogP contribution is 2.30. The molecule has 4 aromatic heterocycles. The molecule has 0 N–H and O–H groups in total. The third kappa shape index (κ3) is 2.53. The van der Waals surface area contributed by atoms with Crippen LogP contribution in [0.2, 0.25) is 0 Å². The first-order chi connectivity index (χ1) is 11.8. The van der Waals surface area contributed by atoms with Gasteiger partial charge in [0, 0.05) is 12.7 Å². The molecule has 0 aliphatic rings. The first kappa shape index (κ1) is 15.1. The summed E-state index contributed by atoms with van der Waals surface area (Å²) in [5, 5.41) is 4.69. The van der Waals surface area contributed by atoms with Gasteiger partial charge in [-0.25, -0.2) is 4.68 Å². The van der Waals surface area contributed by atoms with Crippen molar-refractivity contribution in [1.82, 2.24) is 19.3 Å². The highest BCUT2D eigenvalue weighted by atomic mass is 32.2. The lowest BCUT2D eigenvalue weighted by atomic mass is 10.3. The molecule has 0 radical (unpaired) electrons. The zero-order chi connectivity index (χ0) is 16.5. The Labute approximate surface area is 144 Å². The van der Waals surface area contributed by atoms with Crippen molar-refractivity contribution in [2.75, 3.05) is 6.26 Å². The molecule has 4 heterocycles. The van der Waals surface area contributed by atoms with Crippen molar-refractivity contribution in [2.24, 2.45) is 0 Å². The third-order valence-corrected chi connectivity index (χ3v) is 4.58. The van der Waals surface area contributed by atoms with Crippen LogP contribution in [0.5, 0.6) is 0 Å². The van der Waals surface area contributed by atoms with E-state index in [4.69, 9.17) is 9.52 Å². The maximum atomic E-state index is 5.98. The first-order valence-corrected chi connectivity index (χ1v) is 9.27. The predicted octanol–water partition coefficient (Wildman–Crippen LogP) is 4.36. The lowest BCUT2D eigenvalue weighted by Gasteiger charge is -2.05. The Bertz CT molecular complexity index is 968. The van der Waals surface area contributed by atoms with Gasteiger partial charge < -0.3 is 8.98 Å². The summed E-state index contributed by atoms with van der Waals surface area (Å²) < 4.78 is 10.1. The second-order valence-corrected chi connectivity index (χ2v) is 6.39. The van der Waals surface area contributed by atoms with Crippen LogP contribution in [0.3, 0.4) is 0 Å². The summed E-state index contributed by atoms with van der Waals surface area (Å²) in [6.07, 6.45) is 7.70. The monoisotopic (exact) mass is 338 g/mol. The number of aryl methyl sites for hydroxylation is 1. The molecular weight excluding hydrogens is 320 g/mol. The molecule has 0 fully saturated rings. The molecular formula is C18H18N4OS. The van der Waals surface area contributed by atoms with Crippen LogP contribution >= 0.6 is 11.8 Å². The molecule has 4 aromatic rings. The van der Waals surface area contributed by atoms with Gasteiger partial charge in [0.05, 0.1) is 35.0 Å². The van der Waals surface area contributed by atoms with E-state index in [-0.39, 0.29) is 0 Å². The minimum absolute atomic E-state index is 0.857. The number of hydrogen-bond acceptors (Lipinski definition) is 4. The van der Waals surface area contributed by atoms with Gasteiger partial charge in [0.25, 0.3) is 0 Å². The minimum Gasteiger partial charge on any atom is -0.459 e. The number of aromatic nitrogens is 4. The van der Waals surface area contributed by atoms with Gasteiger partial charge in [-0.15, -0.1) is 0 Å². The molecule has 0 atom stereocenters. The molecule has 24 heavy (non-hydrogen) atoms. The molecule has 4 rings (SSSR count). The molecule has 0 saturated carbocycles. The number of fused-ring (bicyclic) bond motifs is 1. The highest BCUT2D eigenvalue weighted by molar-refractivity contribution is 7.97. The fraction of sp³-hybridized carbons (Fsp3) is 0.222. The van der Waals surface area contributed by atoms with E-state index in [1.807, 2.05) is 41.3 Å². The van der Waals surface area contributed by atoms with Crippen LogP contribution in [0.15, 0.2) is 53.3 Å². The Morgan fingerprint density at radius 2 is 2.17 bits per heavy atom. The lowest BCUT2D eigenvalue weighted by Crippen LogP contribution is -1.97. The van der Waals surface area contributed by atoms with E-state index in [9.17, 15) is 0 Å². The van der Waals surface area contributed by atoms with E-state index >= 15 is 0 Å². The van der Waals surface area contributed by atoms with Gasteiger partial charge in [-0.1, -0.05) is 0 Å². The summed E-state index contributed by atoms with van der Waals surface area (Å²) >= 11 is 1.76. The maximum Gasteiger partial charge on any atom is 0.150 e. The summed E-state index contributed by atoms with van der Waals surface area (Å²) in [6, 6.07) is 10.1. The molecule has 0 amide bonds. The smallest absolute Gasteiger partial charge is 0.150 e. The van der Waals surface area contributed by atoms with E-state index in [0.717, 1.165) is 46.2 Å². The topological polar surface area (TPSA) is 48.8 Å². The van der Waals surface area contributed by atoms with Gasteiger partial charge in [0.15, 0.2) is 5.76 Å². The average molecular weight is 338 g/mol. The summed E-state index contributed by atoms with van der Waals surface area (Å²) in [4.78, 5) is 4.16. The van der Waals surface area contributed by atoms with E-state index < -0.39 is 0 Å². The van der Waals surface area contributed by atoms with Gasteiger partial charge >= 0.3 is 0 Å². The molecule has 122 valence electrons. The zero-order valence-electron chi connectivity index (χ0n) is 13.6. The first-order valence-electron chi connectivity index (χ1n) is 7.87. The van der Waals surface area contributed by atoms with Gasteiger partial charge in [-0.05, 0) is 43.5 Å². The van der Waals surface area contributed by atoms with E-state index in [1.54, 1.807) is 18.0 Å². The molecule has 0 saturated heterocycles. The number of nitrogens with zero attached hydrogens (tertiary/aromatic N) is 4. The Morgan fingerprint density at radius 3 is 2.92 bits per heavy atom. The number of thioether (sulfide) groups is 1. The predicted molar refractivity (Wildman–Crippen MR) is 97.5 cm³/mol. The van der Waals surface area contributed by atoms with E-state index in [0.29, 0.717) is 0 Å². The summed E-state index contributed by atoms with van der Waals surface area (Å²) in [5.41, 5.74) is 4.08. The molecule has 0 unspecified atom stereocenters. The SMILES string of the molecule is CCn1c(-c2ccc(CSC)o2)cc2nn(-c3cccnc3)cc21. The van der Waals surface area contributed by atoms with E-state index in [2.05, 4.69) is 28.8 Å². The number of rotatable bonds is 5. The van der Waals surface area contributed by atoms with Crippen LogP contribution in [0.1, 0.15) is 12.7 Å². The van der Waals surface area contributed by atoms with Crippen molar-refractivity contribution in [3.05, 3.63) is 54.7 Å². The van der Waals surface area contributed by atoms with Gasteiger partial charge in [-0.2, -0.15) is 16.9 Å². The molecule has 0 aliphatic heterocycles. The maximum absolute atomic E-state index is 5.98. The van der Waals surface area contributed by atoms with Crippen LogP contribution in [0.25, 0.3) is 28.2 Å². The molecule has 0 aliphatic carbocycles. The fourth-order valence-electron chi connectivity index (χ4n) is 2.93. The summed E-state index contributed by atoms with van der Waals surface area (Å²) in [6.45, 7) is 2.99. The molecule has 0 spiro atoms. The van der Waals surface area contributed by atoms with Crippen LogP contribution in [-0.2, 0) is 12.3 Å².